The maximum Gasteiger partial charge on any atom is 0.522 e. The molecular formula is C80H171F3O24PtSSi11. The van der Waals surface area contributed by atoms with Crippen molar-refractivity contribution in [2.24, 2.45) is 0 Å². The predicted octanol–water partition coefficient (Wildman–Crippen LogP) is 21.4. The van der Waals surface area contributed by atoms with Crippen molar-refractivity contribution in [1.82, 2.24) is 0 Å². The Morgan fingerprint density at radius 3 is 1.08 bits per heavy atom. The zero-order valence-corrected chi connectivity index (χ0v) is 92.1. The van der Waals surface area contributed by atoms with E-state index in [1.54, 1.807) is 40.7 Å². The zero-order chi connectivity index (χ0) is 91.8. The molecule has 2 N–H and O–H groups in total. The molecule has 0 radical (unpaired) electrons. The number of unbranched alkanes of at least 4 members (excludes halogenated alkanes) is 5. The molecule has 2 aliphatic rings. The standard InChI is InChI=1S/C28H58O8Si4.C23H48O7Si4.C10H20O3Si.C6H14OSi.C5H12OSi.C5H10O.CHF3O3S.2CH4.Pt/c1-13-31-19-18-24-40(12,35-38(8,9)23-17-15-21-33-28(30)26(4)5)36-39(10,11)34-37(6,7)22-16-14-20-32-27(29)25(2)3;1-20(2)22(24)26-16-12-14-18-32(6,7)28-31(5)29-34(10,11)30-33(8,9)19-15-13-17-27-23(25)21(3)4;1-9(2)10(11)13-7-5-6-8-14(3,4)12;1-8(2)6-4-3-5-7-8;1-7-5-3-2-4-6-7;1-3-5-6-4-2;2-1(3,4)8(5,6)7;;;/h2,4,13-24H2,1,3,5-12H3;31H,1,3,12-19H2,2,4-11H3;12H,1,5-8H2,2-4H3;3-6H2,1-2H3;7H,2-5H2,1H3;3H,1,4-5H2,2H3;(H,5,6,7);2*1H4;. The van der Waals surface area contributed by atoms with Gasteiger partial charge in [0, 0.05) is 82.0 Å². The predicted molar refractivity (Wildman–Crippen MR) is 509 cm³/mol. The molecule has 40 heteroatoms. The van der Waals surface area contributed by atoms with Crippen LogP contribution in [0.1, 0.15) is 160 Å². The van der Waals surface area contributed by atoms with Crippen LogP contribution in [-0.4, -0.2) is 220 Å². The van der Waals surface area contributed by atoms with Crippen LogP contribution in [-0.2, 0) is 122 Å². The van der Waals surface area contributed by atoms with Gasteiger partial charge in [0.2, 0.25) is 0 Å². The Hall–Kier alpha value is -1.88. The van der Waals surface area contributed by atoms with Crippen LogP contribution in [0.25, 0.3) is 0 Å². The van der Waals surface area contributed by atoms with Crippen molar-refractivity contribution in [2.75, 3.05) is 72.7 Å². The molecule has 2 aliphatic heterocycles. The Morgan fingerprint density at radius 1 is 0.492 bits per heavy atom. The molecule has 0 aromatic rings. The van der Waals surface area contributed by atoms with Gasteiger partial charge in [-0.3, -0.25) is 4.55 Å². The van der Waals surface area contributed by atoms with Gasteiger partial charge in [-0.2, -0.15) is 21.6 Å². The fourth-order valence-corrected chi connectivity index (χ4v) is 52.2. The molecule has 120 heavy (non-hydrogen) atoms. The van der Waals surface area contributed by atoms with Crippen molar-refractivity contribution >= 4 is 134 Å². The molecule has 0 amide bonds. The molecule has 2 saturated heterocycles. The minimum Gasteiger partial charge on any atom is -0.462 e. The van der Waals surface area contributed by atoms with E-state index in [9.17, 15) is 41.9 Å². The number of hydrogen-bond acceptors (Lipinski definition) is 23. The molecule has 0 aliphatic carbocycles. The van der Waals surface area contributed by atoms with Crippen LogP contribution in [0.2, 0.25) is 173 Å². The average Bonchev–Trinajstić information content (AvgIpc) is 0.810. The Bertz CT molecular complexity index is 2970. The van der Waals surface area contributed by atoms with Gasteiger partial charge < -0.3 is 71.5 Å². The third-order valence-corrected chi connectivity index (χ3v) is 54.3. The first-order valence-electron chi connectivity index (χ1n) is 41.5. The molecule has 3 unspecified atom stereocenters. The first kappa shape index (κ1) is 134. The number of carbonyl (C=O) groups excluding carboxylic acids is 5. The minimum absolute atomic E-state index is 0. The Kier molecular flexibility index (Phi) is 78.0. The van der Waals surface area contributed by atoms with Crippen molar-refractivity contribution in [3.63, 3.8) is 0 Å². The molecule has 0 aromatic heterocycles. The summed E-state index contributed by atoms with van der Waals surface area (Å²) in [6.07, 6.45) is 16.8. The first-order chi connectivity index (χ1) is 53.4. The first-order valence-corrected chi connectivity index (χ1v) is 74.3. The molecule has 716 valence electrons. The molecule has 2 rings (SSSR count). The number of halogens is 3. The normalized spacial score (nSPS) is 14.8. The summed E-state index contributed by atoms with van der Waals surface area (Å²) >= 11 is 0. The number of carbonyl (C=O) groups is 5. The second kappa shape index (κ2) is 70.1. The topological polar surface area (TPSA) is 298 Å². The Morgan fingerprint density at radius 2 is 0.825 bits per heavy atom. The summed E-state index contributed by atoms with van der Waals surface area (Å²) < 4.78 is 145. The summed E-state index contributed by atoms with van der Waals surface area (Å²) in [6, 6.07) is 8.41. The second-order valence-corrected chi connectivity index (χ2v) is 77.4. The molecule has 0 spiro atoms. The molecule has 2 fully saturated rings. The van der Waals surface area contributed by atoms with Crippen LogP contribution in [0.3, 0.4) is 0 Å². The van der Waals surface area contributed by atoms with Crippen LogP contribution in [0, 0.1) is 0 Å². The third-order valence-electron chi connectivity index (χ3n) is 16.6. The van der Waals surface area contributed by atoms with Crippen LogP contribution < -0.4 is 0 Å². The smallest absolute Gasteiger partial charge is 0.462 e. The SMILES string of the molecule is C.C.C=C(C)C(=O)OCCCC[Si](C)(C)O.C=C(C)C(=O)OCCCC[Si](C)(C)O[SiH](C)O[Si](C)(C)O[Si](C)(C)CCCCOC(=O)C(=C)C.C=C(C)C(=O)OCCCC[Si](C)(C)O[Si](C)(C)O[Si](C)(CCCOCC)O[Si](C)(C)CCCCOC(=O)C(=C)C.C=CCOCC.C[SiH]1CCCCO1.C[Si]1(C)CCCCO1.O=S(=O)(O)C(F)(F)F.[Pt]. The van der Waals surface area contributed by atoms with E-state index in [0.717, 1.165) is 127 Å². The fourth-order valence-electron chi connectivity index (χ4n) is 11.2. The number of esters is 5. The van der Waals surface area contributed by atoms with Gasteiger partial charge in [0.25, 0.3) is 9.28 Å². The molecule has 0 aromatic carbocycles. The van der Waals surface area contributed by atoms with E-state index in [1.165, 1.54) is 37.8 Å². The van der Waals surface area contributed by atoms with Gasteiger partial charge in [0.1, 0.15) is 0 Å². The molecule has 3 atom stereocenters. The van der Waals surface area contributed by atoms with Gasteiger partial charge in [0.05, 0.1) is 39.6 Å². The Balaban J connectivity index is -0.000000230. The van der Waals surface area contributed by atoms with Crippen LogP contribution in [0.15, 0.2) is 73.4 Å². The van der Waals surface area contributed by atoms with Crippen LogP contribution >= 0.6 is 0 Å². The minimum atomic E-state index is -5.84. The summed E-state index contributed by atoms with van der Waals surface area (Å²) in [5.74, 6) is -1.65. The van der Waals surface area contributed by atoms with Crippen LogP contribution in [0.4, 0.5) is 13.2 Å². The van der Waals surface area contributed by atoms with E-state index in [2.05, 4.69) is 151 Å². The number of rotatable bonds is 50. The monoisotopic (exact) mass is 2110 g/mol. The van der Waals surface area contributed by atoms with Gasteiger partial charge in [0.15, 0.2) is 58.9 Å². The van der Waals surface area contributed by atoms with E-state index < -0.39 is 110 Å². The van der Waals surface area contributed by atoms with Crippen molar-refractivity contribution < 1.29 is 143 Å². The van der Waals surface area contributed by atoms with Gasteiger partial charge in [-0.25, -0.2) is 24.0 Å². The van der Waals surface area contributed by atoms with Crippen molar-refractivity contribution in [2.45, 2.75) is 338 Å². The van der Waals surface area contributed by atoms with Crippen LogP contribution in [0.5, 0.6) is 0 Å². The molecule has 0 bridgehead atoms. The third kappa shape index (κ3) is 85.6. The number of ether oxygens (including phenoxy) is 7. The quantitative estimate of drug-likeness (QED) is 0.00836. The summed E-state index contributed by atoms with van der Waals surface area (Å²) in [4.78, 5) is 66.6. The van der Waals surface area contributed by atoms with Gasteiger partial charge in [-0.05, 0) is 273 Å². The average molecular weight is 2110 g/mol. The van der Waals surface area contributed by atoms with E-state index in [4.69, 9.17) is 79.7 Å². The number of alkyl halides is 3. The van der Waals surface area contributed by atoms with Gasteiger partial charge in [-0.1, -0.05) is 98.8 Å². The maximum atomic E-state index is 11.6. The van der Waals surface area contributed by atoms with E-state index in [-0.39, 0.29) is 65.8 Å². The Labute approximate surface area is 755 Å². The summed E-state index contributed by atoms with van der Waals surface area (Å²) in [5.41, 5.74) is -3.39. The van der Waals surface area contributed by atoms with E-state index in [1.807, 2.05) is 26.9 Å². The fraction of sp³-hybridized carbons (Fsp3) is 0.787. The summed E-state index contributed by atoms with van der Waals surface area (Å²) in [5, 5.41) is 0. The van der Waals surface area contributed by atoms with Crippen molar-refractivity contribution in [1.29, 1.82) is 0 Å². The molecule has 0 saturated carbocycles. The summed E-state index contributed by atoms with van der Waals surface area (Å²) in [6.45, 7) is 81.9. The zero-order valence-electron chi connectivity index (χ0n) is 77.8. The van der Waals surface area contributed by atoms with Gasteiger partial charge in [-0.15, -0.1) is 6.58 Å². The molecule has 24 nitrogen and oxygen atoms in total. The molecule has 2 heterocycles. The van der Waals surface area contributed by atoms with Crippen molar-refractivity contribution in [3.05, 3.63) is 73.4 Å². The largest absolute Gasteiger partial charge is 0.522 e. The maximum absolute atomic E-state index is 11.6. The van der Waals surface area contributed by atoms with E-state index >= 15 is 0 Å². The van der Waals surface area contributed by atoms with Gasteiger partial charge >= 0.3 is 71.2 Å². The summed E-state index contributed by atoms with van der Waals surface area (Å²) in [7, 11) is -26.4. The number of hydrogen-bond donors (Lipinski definition) is 2. The van der Waals surface area contributed by atoms with Crippen molar-refractivity contribution in [3.8, 4) is 0 Å². The molecular weight excluding hydrogens is 1940 g/mol. The van der Waals surface area contributed by atoms with E-state index in [0.29, 0.717) is 80.7 Å². The second-order valence-electron chi connectivity index (χ2n) is 34.3.